The number of aromatic nitrogens is 2. The Morgan fingerprint density at radius 2 is 1.93 bits per heavy atom. The molecule has 3 rings (SSSR count). The Balaban J connectivity index is 1.50. The maximum atomic E-state index is 12.4. The molecule has 0 aliphatic rings. The van der Waals surface area contributed by atoms with Crippen molar-refractivity contribution in [1.29, 1.82) is 0 Å². The Labute approximate surface area is 160 Å². The van der Waals surface area contributed by atoms with Crippen molar-refractivity contribution in [3.05, 3.63) is 77.6 Å². The Bertz CT molecular complexity index is 903. The molecule has 0 radical (unpaired) electrons. The zero-order valence-electron chi connectivity index (χ0n) is 16.1. The van der Waals surface area contributed by atoms with Gasteiger partial charge in [0.05, 0.1) is 24.9 Å². The van der Waals surface area contributed by atoms with Gasteiger partial charge in [0, 0.05) is 25.4 Å². The summed E-state index contributed by atoms with van der Waals surface area (Å²) in [4.78, 5) is 14.1. The van der Waals surface area contributed by atoms with Gasteiger partial charge in [-0.1, -0.05) is 35.9 Å². The fraction of sp³-hybridized carbons (Fsp3) is 0.273. The minimum absolute atomic E-state index is 0.0484. The maximum absolute atomic E-state index is 12.4. The van der Waals surface area contributed by atoms with Gasteiger partial charge in [-0.25, -0.2) is 4.68 Å². The predicted molar refractivity (Wildman–Crippen MR) is 106 cm³/mol. The van der Waals surface area contributed by atoms with Gasteiger partial charge < -0.3 is 9.64 Å². The lowest BCUT2D eigenvalue weighted by molar-refractivity contribution is -0.130. The van der Waals surface area contributed by atoms with E-state index in [-0.39, 0.29) is 5.91 Å². The van der Waals surface area contributed by atoms with Crippen LogP contribution in [0.4, 0.5) is 0 Å². The molecule has 1 heterocycles. The molecule has 1 aromatic heterocycles. The third kappa shape index (κ3) is 4.97. The van der Waals surface area contributed by atoms with Crippen molar-refractivity contribution in [2.24, 2.45) is 0 Å². The van der Waals surface area contributed by atoms with Crippen LogP contribution in [0.5, 0.6) is 5.75 Å². The van der Waals surface area contributed by atoms with E-state index in [1.165, 1.54) is 5.56 Å². The summed E-state index contributed by atoms with van der Waals surface area (Å²) in [7, 11) is 1.80. The van der Waals surface area contributed by atoms with Gasteiger partial charge >= 0.3 is 0 Å². The molecule has 5 nitrogen and oxygen atoms in total. The van der Waals surface area contributed by atoms with E-state index in [2.05, 4.69) is 18.1 Å². The molecule has 1 amide bonds. The lowest BCUT2D eigenvalue weighted by atomic mass is 10.1. The Morgan fingerprint density at radius 1 is 1.15 bits per heavy atom. The first-order valence-electron chi connectivity index (χ1n) is 9.06. The molecule has 0 N–H and O–H groups in total. The first-order valence-corrected chi connectivity index (χ1v) is 9.06. The van der Waals surface area contributed by atoms with Crippen molar-refractivity contribution >= 4 is 5.91 Å². The van der Waals surface area contributed by atoms with Crippen molar-refractivity contribution in [3.63, 3.8) is 0 Å². The molecule has 140 valence electrons. The van der Waals surface area contributed by atoms with Gasteiger partial charge in [-0.15, -0.1) is 0 Å². The third-order valence-corrected chi connectivity index (χ3v) is 4.41. The molecule has 3 aromatic rings. The third-order valence-electron chi connectivity index (χ3n) is 4.41. The van der Waals surface area contributed by atoms with Gasteiger partial charge in [0.15, 0.2) is 0 Å². The molecule has 0 bridgehead atoms. The van der Waals surface area contributed by atoms with Crippen LogP contribution < -0.4 is 4.74 Å². The van der Waals surface area contributed by atoms with Crippen LogP contribution in [-0.2, 0) is 11.3 Å². The molecular weight excluding hydrogens is 338 g/mol. The Morgan fingerprint density at radius 3 is 2.67 bits per heavy atom. The number of carbonyl (C=O) groups is 1. The van der Waals surface area contributed by atoms with Crippen molar-refractivity contribution in [3.8, 4) is 11.4 Å². The number of amides is 1. The minimum atomic E-state index is 0.0484. The number of hydrogen-bond donors (Lipinski definition) is 0. The normalized spacial score (nSPS) is 10.6. The number of benzene rings is 2. The lowest BCUT2D eigenvalue weighted by Crippen LogP contribution is -2.27. The summed E-state index contributed by atoms with van der Waals surface area (Å²) in [6.45, 7) is 4.96. The van der Waals surface area contributed by atoms with Crippen LogP contribution in [0.25, 0.3) is 5.69 Å². The molecule has 2 aromatic carbocycles. The highest BCUT2D eigenvalue weighted by Gasteiger charge is 2.11. The van der Waals surface area contributed by atoms with Gasteiger partial charge in [0.1, 0.15) is 5.75 Å². The number of hydrogen-bond acceptors (Lipinski definition) is 3. The van der Waals surface area contributed by atoms with Crippen LogP contribution in [0.1, 0.15) is 23.1 Å². The average molecular weight is 363 g/mol. The van der Waals surface area contributed by atoms with Gasteiger partial charge in [-0.3, -0.25) is 4.79 Å². The quantitative estimate of drug-likeness (QED) is 0.639. The lowest BCUT2D eigenvalue weighted by Gasteiger charge is -2.17. The van der Waals surface area contributed by atoms with E-state index < -0.39 is 0 Å². The average Bonchev–Trinajstić information content (AvgIpc) is 3.12. The van der Waals surface area contributed by atoms with E-state index in [1.54, 1.807) is 18.1 Å². The van der Waals surface area contributed by atoms with Crippen LogP contribution >= 0.6 is 0 Å². The van der Waals surface area contributed by atoms with Gasteiger partial charge in [-0.05, 0) is 37.6 Å². The van der Waals surface area contributed by atoms with E-state index in [0.29, 0.717) is 19.6 Å². The molecule has 0 saturated carbocycles. The predicted octanol–water partition coefficient (Wildman–Crippen LogP) is 3.92. The zero-order valence-corrected chi connectivity index (χ0v) is 16.1. The van der Waals surface area contributed by atoms with Gasteiger partial charge in [0.2, 0.25) is 5.91 Å². The summed E-state index contributed by atoms with van der Waals surface area (Å²) in [5, 5.41) is 4.37. The first-order chi connectivity index (χ1) is 13.0. The topological polar surface area (TPSA) is 47.4 Å². The monoisotopic (exact) mass is 363 g/mol. The second-order valence-corrected chi connectivity index (χ2v) is 6.75. The molecule has 0 aliphatic carbocycles. The largest absolute Gasteiger partial charge is 0.493 e. The summed E-state index contributed by atoms with van der Waals surface area (Å²) in [6, 6.07) is 16.0. The van der Waals surface area contributed by atoms with E-state index in [9.17, 15) is 4.79 Å². The number of para-hydroxylation sites is 1. The van der Waals surface area contributed by atoms with E-state index in [1.807, 2.05) is 60.3 Å². The van der Waals surface area contributed by atoms with Crippen molar-refractivity contribution in [2.75, 3.05) is 13.7 Å². The highest BCUT2D eigenvalue weighted by atomic mass is 16.5. The molecule has 0 aliphatic heterocycles. The van der Waals surface area contributed by atoms with Crippen LogP contribution in [0, 0.1) is 13.8 Å². The summed E-state index contributed by atoms with van der Waals surface area (Å²) >= 11 is 0. The van der Waals surface area contributed by atoms with Crippen molar-refractivity contribution in [1.82, 2.24) is 14.7 Å². The SMILES string of the molecule is Cc1ccc(OCCC(=O)N(C)Cc2cnn(-c3ccccc3)c2)c(C)c1. The molecule has 0 unspecified atom stereocenters. The molecular formula is C22H25N3O2. The highest BCUT2D eigenvalue weighted by Crippen LogP contribution is 2.19. The summed E-state index contributed by atoms with van der Waals surface area (Å²) < 4.78 is 7.58. The molecule has 0 spiro atoms. The van der Waals surface area contributed by atoms with E-state index in [0.717, 1.165) is 22.6 Å². The number of nitrogens with zero attached hydrogens (tertiary/aromatic N) is 3. The zero-order chi connectivity index (χ0) is 19.2. The van der Waals surface area contributed by atoms with Crippen LogP contribution in [0.2, 0.25) is 0 Å². The highest BCUT2D eigenvalue weighted by molar-refractivity contribution is 5.76. The van der Waals surface area contributed by atoms with Crippen molar-refractivity contribution < 1.29 is 9.53 Å². The number of aryl methyl sites for hydroxylation is 2. The Kier molecular flexibility index (Phi) is 5.91. The standard InChI is InChI=1S/C22H25N3O2/c1-17-9-10-21(18(2)13-17)27-12-11-22(26)24(3)15-19-14-23-25(16-19)20-7-5-4-6-8-20/h4-10,13-14,16H,11-12,15H2,1-3H3. The molecule has 0 saturated heterocycles. The van der Waals surface area contributed by atoms with Crippen LogP contribution in [0.3, 0.4) is 0 Å². The number of carbonyl (C=O) groups excluding carboxylic acids is 1. The summed E-state index contributed by atoms with van der Waals surface area (Å²) in [6.07, 6.45) is 4.09. The van der Waals surface area contributed by atoms with Gasteiger partial charge in [-0.2, -0.15) is 5.10 Å². The molecule has 0 atom stereocenters. The van der Waals surface area contributed by atoms with Crippen molar-refractivity contribution in [2.45, 2.75) is 26.8 Å². The molecule has 27 heavy (non-hydrogen) atoms. The van der Waals surface area contributed by atoms with Crippen LogP contribution in [0.15, 0.2) is 60.9 Å². The fourth-order valence-electron chi connectivity index (χ4n) is 2.93. The van der Waals surface area contributed by atoms with Gasteiger partial charge in [0.25, 0.3) is 0 Å². The van der Waals surface area contributed by atoms with E-state index >= 15 is 0 Å². The fourth-order valence-corrected chi connectivity index (χ4v) is 2.93. The van der Waals surface area contributed by atoms with E-state index in [4.69, 9.17) is 4.74 Å². The number of rotatable bonds is 7. The second kappa shape index (κ2) is 8.54. The molecule has 0 fully saturated rings. The minimum Gasteiger partial charge on any atom is -0.493 e. The van der Waals surface area contributed by atoms with Crippen LogP contribution in [-0.4, -0.2) is 34.2 Å². The second-order valence-electron chi connectivity index (χ2n) is 6.75. The maximum Gasteiger partial charge on any atom is 0.226 e. The summed E-state index contributed by atoms with van der Waals surface area (Å²) in [5.74, 6) is 0.882. The summed E-state index contributed by atoms with van der Waals surface area (Å²) in [5.41, 5.74) is 4.28. The number of ether oxygens (including phenoxy) is 1. The smallest absolute Gasteiger partial charge is 0.226 e. The Hall–Kier alpha value is -3.08. The first kappa shape index (κ1) is 18.7. The molecule has 5 heteroatoms.